The second-order valence-electron chi connectivity index (χ2n) is 8.21. The number of nitrogens with zero attached hydrogens (tertiary/aromatic N) is 3. The van der Waals surface area contributed by atoms with Gasteiger partial charge in [0.2, 0.25) is 5.91 Å². The topological polar surface area (TPSA) is 43.9 Å². The molecule has 25 heavy (non-hydrogen) atoms. The van der Waals surface area contributed by atoms with Gasteiger partial charge < -0.3 is 14.7 Å². The van der Waals surface area contributed by atoms with Crippen LogP contribution in [0.3, 0.4) is 0 Å². The van der Waals surface area contributed by atoms with Gasteiger partial charge in [-0.05, 0) is 30.0 Å². The first kappa shape index (κ1) is 19.3. The molecule has 1 saturated heterocycles. The molecule has 0 unspecified atom stereocenters. The summed E-state index contributed by atoms with van der Waals surface area (Å²) >= 11 is 0. The van der Waals surface area contributed by atoms with Crippen LogP contribution in [0.4, 0.5) is 5.69 Å². The lowest BCUT2D eigenvalue weighted by Crippen LogP contribution is -2.38. The van der Waals surface area contributed by atoms with Gasteiger partial charge in [-0.3, -0.25) is 9.59 Å². The Balaban J connectivity index is 2.02. The smallest absolute Gasteiger partial charge is 0.253 e. The molecule has 0 N–H and O–H groups in total. The zero-order chi connectivity index (χ0) is 18.6. The van der Waals surface area contributed by atoms with Crippen molar-refractivity contribution >= 4 is 17.5 Å². The highest BCUT2D eigenvalue weighted by Gasteiger charge is 2.25. The van der Waals surface area contributed by atoms with E-state index in [1.165, 1.54) is 0 Å². The Labute approximate surface area is 151 Å². The molecule has 2 rings (SSSR count). The number of carbonyl (C=O) groups excluding carboxylic acids is 2. The quantitative estimate of drug-likeness (QED) is 0.846. The Bertz CT molecular complexity index is 620. The molecule has 0 spiro atoms. The van der Waals surface area contributed by atoms with Gasteiger partial charge in [-0.1, -0.05) is 26.8 Å². The number of rotatable bonds is 3. The van der Waals surface area contributed by atoms with Crippen LogP contribution in [0.1, 0.15) is 44.0 Å². The number of carbonyl (C=O) groups is 2. The first-order valence-corrected chi connectivity index (χ1v) is 9.02. The molecular weight excluding hydrogens is 314 g/mol. The van der Waals surface area contributed by atoms with Crippen molar-refractivity contribution in [2.45, 2.75) is 33.6 Å². The fraction of sp³-hybridized carbons (Fsp3) is 0.600. The lowest BCUT2D eigenvalue weighted by atomic mass is 9.91. The monoisotopic (exact) mass is 345 g/mol. The molecule has 1 heterocycles. The normalized spacial score (nSPS) is 15.7. The Morgan fingerprint density at radius 3 is 2.32 bits per heavy atom. The summed E-state index contributed by atoms with van der Waals surface area (Å²) in [6.45, 7) is 8.89. The predicted octanol–water partition coefficient (Wildman–Crippen LogP) is 2.86. The molecule has 0 radical (unpaired) electrons. The lowest BCUT2D eigenvalue weighted by molar-refractivity contribution is -0.132. The van der Waals surface area contributed by atoms with Crippen LogP contribution in [0.15, 0.2) is 24.3 Å². The second-order valence-corrected chi connectivity index (χ2v) is 8.21. The molecule has 5 heteroatoms. The lowest BCUT2D eigenvalue weighted by Gasteiger charge is -2.26. The van der Waals surface area contributed by atoms with Gasteiger partial charge >= 0.3 is 0 Å². The number of hydrogen-bond donors (Lipinski definition) is 0. The third-order valence-corrected chi connectivity index (χ3v) is 4.43. The summed E-state index contributed by atoms with van der Waals surface area (Å²) in [4.78, 5) is 31.1. The van der Waals surface area contributed by atoms with Crippen LogP contribution in [0.2, 0.25) is 0 Å². The maximum absolute atomic E-state index is 12.8. The fourth-order valence-corrected chi connectivity index (χ4v) is 3.04. The van der Waals surface area contributed by atoms with Crippen molar-refractivity contribution in [2.75, 3.05) is 45.2 Å². The minimum Gasteiger partial charge on any atom is -0.378 e. The fourth-order valence-electron chi connectivity index (χ4n) is 3.04. The zero-order valence-electron chi connectivity index (χ0n) is 16.2. The molecule has 138 valence electrons. The van der Waals surface area contributed by atoms with Crippen LogP contribution in [0.25, 0.3) is 0 Å². The van der Waals surface area contributed by atoms with E-state index in [1.54, 1.807) is 0 Å². The molecule has 0 bridgehead atoms. The highest BCUT2D eigenvalue weighted by Crippen LogP contribution is 2.21. The third-order valence-electron chi connectivity index (χ3n) is 4.43. The molecule has 0 saturated carbocycles. The van der Waals surface area contributed by atoms with E-state index in [4.69, 9.17) is 0 Å². The van der Waals surface area contributed by atoms with Gasteiger partial charge in [0.05, 0.1) is 0 Å². The summed E-state index contributed by atoms with van der Waals surface area (Å²) in [6, 6.07) is 7.70. The van der Waals surface area contributed by atoms with Gasteiger partial charge in [-0.25, -0.2) is 0 Å². The standard InChI is InChI=1S/C20H31N3O2/c1-20(2,3)15-18(24)22-10-7-11-23(13-12-22)19(25)16-8-6-9-17(14-16)21(4)5/h6,8-9,14H,7,10-13,15H2,1-5H3. The van der Waals surface area contributed by atoms with Gasteiger partial charge in [0.25, 0.3) is 5.91 Å². The number of hydrogen-bond acceptors (Lipinski definition) is 3. The Kier molecular flexibility index (Phi) is 6.09. The first-order chi connectivity index (χ1) is 11.7. The summed E-state index contributed by atoms with van der Waals surface area (Å²) in [5.74, 6) is 0.241. The molecule has 0 aromatic heterocycles. The van der Waals surface area contributed by atoms with Crippen molar-refractivity contribution in [1.82, 2.24) is 9.80 Å². The summed E-state index contributed by atoms with van der Waals surface area (Å²) in [6.07, 6.45) is 1.38. The van der Waals surface area contributed by atoms with Crippen molar-refractivity contribution in [3.8, 4) is 0 Å². The van der Waals surface area contributed by atoms with Crippen LogP contribution in [0.5, 0.6) is 0 Å². The Morgan fingerprint density at radius 1 is 1.04 bits per heavy atom. The maximum atomic E-state index is 12.8. The number of anilines is 1. The van der Waals surface area contributed by atoms with Gasteiger partial charge in [0.1, 0.15) is 0 Å². The number of amides is 2. The van der Waals surface area contributed by atoms with Crippen LogP contribution >= 0.6 is 0 Å². The minimum atomic E-state index is -0.00842. The minimum absolute atomic E-state index is 0.00842. The van der Waals surface area contributed by atoms with Crippen molar-refractivity contribution in [3.63, 3.8) is 0 Å². The summed E-state index contributed by atoms with van der Waals surface area (Å²) < 4.78 is 0. The summed E-state index contributed by atoms with van der Waals surface area (Å²) in [5, 5.41) is 0. The first-order valence-electron chi connectivity index (χ1n) is 9.02. The van der Waals surface area contributed by atoms with Crippen molar-refractivity contribution in [2.24, 2.45) is 5.41 Å². The SMILES string of the molecule is CN(C)c1cccc(C(=O)N2CCCN(C(=O)CC(C)(C)C)CC2)c1. The van der Waals surface area contributed by atoms with Crippen molar-refractivity contribution < 1.29 is 9.59 Å². The Morgan fingerprint density at radius 2 is 1.68 bits per heavy atom. The molecule has 0 atom stereocenters. The average Bonchev–Trinajstić information content (AvgIpc) is 2.78. The van der Waals surface area contributed by atoms with Crippen molar-refractivity contribution in [3.05, 3.63) is 29.8 Å². The van der Waals surface area contributed by atoms with Gasteiger partial charge in [0, 0.05) is 57.9 Å². The van der Waals surface area contributed by atoms with E-state index >= 15 is 0 Å². The molecule has 1 aliphatic heterocycles. The zero-order valence-corrected chi connectivity index (χ0v) is 16.2. The highest BCUT2D eigenvalue weighted by atomic mass is 16.2. The van der Waals surface area contributed by atoms with E-state index in [2.05, 4.69) is 20.8 Å². The van der Waals surface area contributed by atoms with E-state index in [1.807, 2.05) is 53.1 Å². The molecular formula is C20H31N3O2. The van der Waals surface area contributed by atoms with Gasteiger partial charge in [0.15, 0.2) is 0 Å². The second kappa shape index (κ2) is 7.89. The maximum Gasteiger partial charge on any atom is 0.253 e. The Hall–Kier alpha value is -2.04. The third kappa shape index (κ3) is 5.48. The van der Waals surface area contributed by atoms with Crippen LogP contribution < -0.4 is 4.90 Å². The molecule has 1 aromatic carbocycles. The van der Waals surface area contributed by atoms with Crippen LogP contribution in [0, 0.1) is 5.41 Å². The molecule has 5 nitrogen and oxygen atoms in total. The predicted molar refractivity (Wildman–Crippen MR) is 102 cm³/mol. The molecule has 1 aromatic rings. The molecule has 0 aliphatic carbocycles. The summed E-state index contributed by atoms with van der Waals surface area (Å²) in [7, 11) is 3.93. The van der Waals surface area contributed by atoms with E-state index < -0.39 is 0 Å². The largest absolute Gasteiger partial charge is 0.378 e. The van der Waals surface area contributed by atoms with Crippen LogP contribution in [-0.4, -0.2) is 61.9 Å². The average molecular weight is 345 g/mol. The highest BCUT2D eigenvalue weighted by molar-refractivity contribution is 5.95. The molecule has 2 amide bonds. The molecule has 1 aliphatic rings. The summed E-state index contributed by atoms with van der Waals surface area (Å²) in [5.41, 5.74) is 1.72. The van der Waals surface area contributed by atoms with Gasteiger partial charge in [-0.15, -0.1) is 0 Å². The van der Waals surface area contributed by atoms with Crippen molar-refractivity contribution in [1.29, 1.82) is 0 Å². The van der Waals surface area contributed by atoms with E-state index in [-0.39, 0.29) is 17.2 Å². The van der Waals surface area contributed by atoms with Gasteiger partial charge in [-0.2, -0.15) is 0 Å². The molecule has 1 fully saturated rings. The van der Waals surface area contributed by atoms with Crippen LogP contribution in [-0.2, 0) is 4.79 Å². The van der Waals surface area contributed by atoms with E-state index in [9.17, 15) is 9.59 Å². The van der Waals surface area contributed by atoms with E-state index in [0.717, 1.165) is 18.7 Å². The van der Waals surface area contributed by atoms with E-state index in [0.29, 0.717) is 31.6 Å². The number of benzene rings is 1.